The molecule has 1 heterocycles. The van der Waals surface area contributed by atoms with Crippen LogP contribution in [0.2, 0.25) is 0 Å². The van der Waals surface area contributed by atoms with Gasteiger partial charge in [0.25, 0.3) is 0 Å². The Labute approximate surface area is 150 Å². The van der Waals surface area contributed by atoms with Crippen LogP contribution in [0.15, 0.2) is 66.0 Å². The maximum Gasteiger partial charge on any atom is 0.238 e. The van der Waals surface area contributed by atoms with Crippen molar-refractivity contribution in [1.29, 1.82) is 0 Å². The fraction of sp³-hybridized carbons (Fsp3) is 0.150. The molecule has 1 atom stereocenters. The van der Waals surface area contributed by atoms with Crippen LogP contribution < -0.4 is 10.6 Å². The highest BCUT2D eigenvalue weighted by molar-refractivity contribution is 7.10. The molecule has 0 aliphatic heterocycles. The first kappa shape index (κ1) is 17.3. The van der Waals surface area contributed by atoms with E-state index in [1.165, 1.54) is 17.7 Å². The first-order chi connectivity index (χ1) is 12.1. The predicted octanol–water partition coefficient (Wildman–Crippen LogP) is 4.51. The Morgan fingerprint density at radius 2 is 1.92 bits per heavy atom. The third kappa shape index (κ3) is 4.75. The molecule has 0 unspecified atom stereocenters. The molecule has 0 aliphatic rings. The molecule has 0 fully saturated rings. The lowest BCUT2D eigenvalue weighted by atomic mass is 10.0. The minimum Gasteiger partial charge on any atom is -0.325 e. The van der Waals surface area contributed by atoms with E-state index < -0.39 is 0 Å². The number of hydrogen-bond acceptors (Lipinski definition) is 3. The van der Waals surface area contributed by atoms with Gasteiger partial charge in [-0.05, 0) is 42.1 Å². The van der Waals surface area contributed by atoms with Crippen LogP contribution in [0.25, 0.3) is 0 Å². The van der Waals surface area contributed by atoms with Gasteiger partial charge < -0.3 is 5.32 Å². The Bertz CT molecular complexity index is 831. The van der Waals surface area contributed by atoms with Crippen LogP contribution in [0, 0.1) is 12.7 Å². The minimum atomic E-state index is -0.373. The van der Waals surface area contributed by atoms with Crippen LogP contribution in [0.3, 0.4) is 0 Å². The van der Waals surface area contributed by atoms with Crippen molar-refractivity contribution in [3.05, 3.63) is 87.9 Å². The summed E-state index contributed by atoms with van der Waals surface area (Å²) in [7, 11) is 0. The van der Waals surface area contributed by atoms with E-state index in [2.05, 4.69) is 34.9 Å². The van der Waals surface area contributed by atoms with Crippen molar-refractivity contribution in [2.24, 2.45) is 0 Å². The number of carbonyl (C=O) groups excluding carboxylic acids is 1. The quantitative estimate of drug-likeness (QED) is 0.684. The van der Waals surface area contributed by atoms with E-state index in [1.54, 1.807) is 23.5 Å². The molecule has 3 aromatic rings. The summed E-state index contributed by atoms with van der Waals surface area (Å²) in [5, 5.41) is 8.02. The van der Waals surface area contributed by atoms with E-state index in [0.29, 0.717) is 5.69 Å². The summed E-state index contributed by atoms with van der Waals surface area (Å²) in [5.41, 5.74) is 2.75. The maximum absolute atomic E-state index is 13.2. The van der Waals surface area contributed by atoms with Gasteiger partial charge in [0, 0.05) is 10.6 Å². The molecule has 0 saturated carbocycles. The molecule has 2 aromatic carbocycles. The molecule has 128 valence electrons. The average Bonchev–Trinajstić information content (AvgIpc) is 3.11. The summed E-state index contributed by atoms with van der Waals surface area (Å²) < 4.78 is 13.2. The van der Waals surface area contributed by atoms with Gasteiger partial charge in [-0.3, -0.25) is 10.1 Å². The second kappa shape index (κ2) is 8.05. The molecule has 0 bridgehead atoms. The number of rotatable bonds is 6. The number of thiophene rings is 1. The van der Waals surface area contributed by atoms with Crippen molar-refractivity contribution in [2.75, 3.05) is 11.9 Å². The topological polar surface area (TPSA) is 41.1 Å². The van der Waals surface area contributed by atoms with Crippen LogP contribution in [0.1, 0.15) is 22.0 Å². The second-order valence-corrected chi connectivity index (χ2v) is 6.78. The molecule has 0 spiro atoms. The number of carbonyl (C=O) groups is 1. The summed E-state index contributed by atoms with van der Waals surface area (Å²) in [6.07, 6.45) is 0. The number of nitrogens with one attached hydrogen (secondary N) is 2. The smallest absolute Gasteiger partial charge is 0.238 e. The molecular formula is C20H19FN2OS. The first-order valence-corrected chi connectivity index (χ1v) is 8.88. The SMILES string of the molecule is Cc1ccc([C@H](NCC(=O)Nc2cccc(F)c2)c2cccs2)cc1. The third-order valence-corrected chi connectivity index (χ3v) is 4.75. The molecule has 1 aromatic heterocycles. The summed E-state index contributed by atoms with van der Waals surface area (Å²) in [5.74, 6) is -0.582. The van der Waals surface area contributed by atoms with Crippen LogP contribution in [0.5, 0.6) is 0 Å². The van der Waals surface area contributed by atoms with E-state index in [0.717, 1.165) is 10.4 Å². The normalized spacial score (nSPS) is 11.9. The zero-order valence-electron chi connectivity index (χ0n) is 13.8. The van der Waals surface area contributed by atoms with Crippen molar-refractivity contribution in [2.45, 2.75) is 13.0 Å². The Kier molecular flexibility index (Phi) is 5.58. The van der Waals surface area contributed by atoms with E-state index in [1.807, 2.05) is 24.4 Å². The number of hydrogen-bond donors (Lipinski definition) is 2. The van der Waals surface area contributed by atoms with Gasteiger partial charge in [-0.1, -0.05) is 42.0 Å². The largest absolute Gasteiger partial charge is 0.325 e. The zero-order chi connectivity index (χ0) is 17.6. The molecule has 0 aliphatic carbocycles. The Morgan fingerprint density at radius 1 is 1.12 bits per heavy atom. The second-order valence-electron chi connectivity index (χ2n) is 5.80. The molecule has 5 heteroatoms. The van der Waals surface area contributed by atoms with Crippen molar-refractivity contribution < 1.29 is 9.18 Å². The van der Waals surface area contributed by atoms with E-state index >= 15 is 0 Å². The maximum atomic E-state index is 13.2. The average molecular weight is 354 g/mol. The number of halogens is 1. The lowest BCUT2D eigenvalue weighted by Crippen LogP contribution is -2.31. The van der Waals surface area contributed by atoms with Crippen molar-refractivity contribution >= 4 is 22.9 Å². The predicted molar refractivity (Wildman–Crippen MR) is 100 cm³/mol. The zero-order valence-corrected chi connectivity index (χ0v) is 14.6. The highest BCUT2D eigenvalue weighted by Gasteiger charge is 2.16. The fourth-order valence-corrected chi connectivity index (χ4v) is 3.39. The van der Waals surface area contributed by atoms with Gasteiger partial charge >= 0.3 is 0 Å². The molecule has 3 nitrogen and oxygen atoms in total. The summed E-state index contributed by atoms with van der Waals surface area (Å²) >= 11 is 1.64. The molecule has 0 radical (unpaired) electrons. The summed E-state index contributed by atoms with van der Waals surface area (Å²) in [4.78, 5) is 13.3. The summed E-state index contributed by atoms with van der Waals surface area (Å²) in [6.45, 7) is 2.18. The highest BCUT2D eigenvalue weighted by atomic mass is 32.1. The van der Waals surface area contributed by atoms with Crippen molar-refractivity contribution in [3.8, 4) is 0 Å². The molecule has 0 saturated heterocycles. The van der Waals surface area contributed by atoms with Gasteiger partial charge in [0.05, 0.1) is 12.6 Å². The molecule has 1 amide bonds. The van der Waals surface area contributed by atoms with Crippen molar-refractivity contribution in [3.63, 3.8) is 0 Å². The van der Waals surface area contributed by atoms with Crippen molar-refractivity contribution in [1.82, 2.24) is 5.32 Å². The fourth-order valence-electron chi connectivity index (χ4n) is 2.56. The van der Waals surface area contributed by atoms with Gasteiger partial charge in [0.1, 0.15) is 5.82 Å². The first-order valence-electron chi connectivity index (χ1n) is 8.00. The lowest BCUT2D eigenvalue weighted by molar-refractivity contribution is -0.115. The Hall–Kier alpha value is -2.50. The minimum absolute atomic E-state index is 0.0566. The van der Waals surface area contributed by atoms with Gasteiger partial charge in [-0.25, -0.2) is 4.39 Å². The number of aryl methyl sites for hydroxylation is 1. The molecular weight excluding hydrogens is 335 g/mol. The van der Waals surface area contributed by atoms with Crippen LogP contribution >= 0.6 is 11.3 Å². The molecule has 3 rings (SSSR count). The van der Waals surface area contributed by atoms with E-state index in [-0.39, 0.29) is 24.3 Å². The van der Waals surface area contributed by atoms with Crippen LogP contribution in [0.4, 0.5) is 10.1 Å². The molecule has 25 heavy (non-hydrogen) atoms. The molecule has 2 N–H and O–H groups in total. The monoisotopic (exact) mass is 354 g/mol. The van der Waals surface area contributed by atoms with Gasteiger partial charge in [-0.2, -0.15) is 0 Å². The Morgan fingerprint density at radius 3 is 2.60 bits per heavy atom. The standard InChI is InChI=1S/C20H19FN2OS/c1-14-7-9-15(10-8-14)20(18-6-3-11-25-18)22-13-19(24)23-17-5-2-4-16(21)12-17/h2-12,20,22H,13H2,1H3,(H,23,24)/t20-/m0/s1. The van der Waals surface area contributed by atoms with Gasteiger partial charge in [0.15, 0.2) is 0 Å². The van der Waals surface area contributed by atoms with Crippen LogP contribution in [-0.2, 0) is 4.79 Å². The third-order valence-electron chi connectivity index (χ3n) is 3.81. The van der Waals surface area contributed by atoms with Gasteiger partial charge in [-0.15, -0.1) is 11.3 Å². The van der Waals surface area contributed by atoms with E-state index in [4.69, 9.17) is 0 Å². The number of amides is 1. The number of anilines is 1. The van der Waals surface area contributed by atoms with Gasteiger partial charge in [0.2, 0.25) is 5.91 Å². The summed E-state index contributed by atoms with van der Waals surface area (Å²) in [6, 6.07) is 18.1. The Balaban J connectivity index is 1.68. The van der Waals surface area contributed by atoms with E-state index in [9.17, 15) is 9.18 Å². The number of benzene rings is 2. The van der Waals surface area contributed by atoms with Crippen LogP contribution in [-0.4, -0.2) is 12.5 Å². The highest BCUT2D eigenvalue weighted by Crippen LogP contribution is 2.26. The lowest BCUT2D eigenvalue weighted by Gasteiger charge is -2.18.